The summed E-state index contributed by atoms with van der Waals surface area (Å²) in [6.45, 7) is 1.53. The second-order valence-electron chi connectivity index (χ2n) is 3.97. The number of carbonyl (C=O) groups excluding carboxylic acids is 1. The number of piperidine rings is 1. The zero-order valence-corrected chi connectivity index (χ0v) is 8.90. The normalized spacial score (nSPS) is 22.1. The molecule has 1 atom stereocenters. The molecule has 4 heteroatoms. The molecule has 1 aromatic heterocycles. The van der Waals surface area contributed by atoms with Crippen LogP contribution >= 0.6 is 0 Å². The summed E-state index contributed by atoms with van der Waals surface area (Å²) in [6, 6.07) is 4.22. The summed E-state index contributed by atoms with van der Waals surface area (Å²) < 4.78 is 5.23. The Morgan fingerprint density at radius 3 is 3.20 bits per heavy atom. The Hall–Kier alpha value is -1.29. The van der Waals surface area contributed by atoms with Crippen molar-refractivity contribution in [3.8, 4) is 0 Å². The van der Waals surface area contributed by atoms with Gasteiger partial charge in [0.25, 0.3) is 0 Å². The van der Waals surface area contributed by atoms with Crippen molar-refractivity contribution in [3.05, 3.63) is 24.2 Å². The number of likely N-dealkylation sites (N-methyl/N-ethyl adjacent to an activating group) is 1. The zero-order valence-electron chi connectivity index (χ0n) is 8.90. The molecule has 1 N–H and O–H groups in total. The molecule has 0 saturated carbocycles. The highest BCUT2D eigenvalue weighted by atomic mass is 16.3. The van der Waals surface area contributed by atoms with Crippen LogP contribution < -0.4 is 5.32 Å². The van der Waals surface area contributed by atoms with Crippen LogP contribution in [0.3, 0.4) is 0 Å². The van der Waals surface area contributed by atoms with Gasteiger partial charge in [-0.15, -0.1) is 0 Å². The summed E-state index contributed by atoms with van der Waals surface area (Å²) >= 11 is 0. The molecule has 1 unspecified atom stereocenters. The minimum Gasteiger partial charge on any atom is -0.468 e. The first kappa shape index (κ1) is 10.2. The van der Waals surface area contributed by atoms with Crippen molar-refractivity contribution in [1.82, 2.24) is 10.2 Å². The van der Waals surface area contributed by atoms with Gasteiger partial charge in [0.1, 0.15) is 5.76 Å². The predicted molar refractivity (Wildman–Crippen MR) is 56.2 cm³/mol. The average Bonchev–Trinajstić information content (AvgIpc) is 2.73. The lowest BCUT2D eigenvalue weighted by Crippen LogP contribution is -2.46. The van der Waals surface area contributed by atoms with Crippen molar-refractivity contribution in [2.24, 2.45) is 0 Å². The van der Waals surface area contributed by atoms with Crippen LogP contribution in [0.15, 0.2) is 22.8 Å². The molecular formula is C11H16N2O2. The van der Waals surface area contributed by atoms with Gasteiger partial charge in [0.05, 0.1) is 12.8 Å². The predicted octanol–water partition coefficient (Wildman–Crippen LogP) is 0.990. The molecule has 15 heavy (non-hydrogen) atoms. The fraction of sp³-hybridized carbons (Fsp3) is 0.545. The van der Waals surface area contributed by atoms with Crippen molar-refractivity contribution < 1.29 is 9.21 Å². The second-order valence-corrected chi connectivity index (χ2v) is 3.97. The molecule has 1 aliphatic rings. The van der Waals surface area contributed by atoms with Crippen molar-refractivity contribution >= 4 is 5.91 Å². The minimum absolute atomic E-state index is 0.242. The number of nitrogens with zero attached hydrogens (tertiary/aromatic N) is 1. The van der Waals surface area contributed by atoms with Crippen LogP contribution in [-0.2, 0) is 11.3 Å². The molecule has 0 radical (unpaired) electrons. The Balaban J connectivity index is 1.78. The van der Waals surface area contributed by atoms with Gasteiger partial charge in [-0.25, -0.2) is 0 Å². The average molecular weight is 208 g/mol. The molecule has 0 bridgehead atoms. The van der Waals surface area contributed by atoms with Gasteiger partial charge in [-0.1, -0.05) is 0 Å². The number of furan rings is 1. The third-order valence-corrected chi connectivity index (χ3v) is 2.77. The molecule has 0 aliphatic carbocycles. The molecule has 1 aliphatic heterocycles. The van der Waals surface area contributed by atoms with Crippen molar-refractivity contribution in [2.45, 2.75) is 25.4 Å². The van der Waals surface area contributed by atoms with Gasteiger partial charge < -0.3 is 14.6 Å². The Labute approximate surface area is 89.2 Å². The summed E-state index contributed by atoms with van der Waals surface area (Å²) in [5, 5.41) is 3.39. The van der Waals surface area contributed by atoms with E-state index in [1.807, 2.05) is 19.2 Å². The summed E-state index contributed by atoms with van der Waals surface area (Å²) in [5.41, 5.74) is 0. The number of carbonyl (C=O) groups is 1. The summed E-state index contributed by atoms with van der Waals surface area (Å²) in [5.74, 6) is 1.18. The lowest BCUT2D eigenvalue weighted by atomic mass is 10.1. The standard InChI is InChI=1S/C11H16N2O2/c1-13-8-9(4-5-11(13)14)12-7-10-3-2-6-15-10/h2-3,6,9,12H,4-5,7-8H2,1H3. The van der Waals surface area contributed by atoms with Crippen LogP contribution in [0.2, 0.25) is 0 Å². The number of hydrogen-bond acceptors (Lipinski definition) is 3. The molecule has 2 rings (SSSR count). The highest BCUT2D eigenvalue weighted by molar-refractivity contribution is 5.76. The van der Waals surface area contributed by atoms with Crippen LogP contribution in [0.4, 0.5) is 0 Å². The quantitative estimate of drug-likeness (QED) is 0.805. The first-order valence-electron chi connectivity index (χ1n) is 5.25. The second kappa shape index (κ2) is 4.49. The van der Waals surface area contributed by atoms with Crippen LogP contribution in [0.5, 0.6) is 0 Å². The highest BCUT2D eigenvalue weighted by Crippen LogP contribution is 2.10. The first-order chi connectivity index (χ1) is 7.25. The fourth-order valence-electron chi connectivity index (χ4n) is 1.84. The molecule has 1 amide bonds. The molecule has 0 spiro atoms. The third kappa shape index (κ3) is 2.59. The van der Waals surface area contributed by atoms with Crippen molar-refractivity contribution in [2.75, 3.05) is 13.6 Å². The lowest BCUT2D eigenvalue weighted by Gasteiger charge is -2.30. The highest BCUT2D eigenvalue weighted by Gasteiger charge is 2.22. The molecule has 1 saturated heterocycles. The van der Waals surface area contributed by atoms with E-state index in [0.29, 0.717) is 12.5 Å². The van der Waals surface area contributed by atoms with E-state index in [9.17, 15) is 4.79 Å². The van der Waals surface area contributed by atoms with E-state index in [1.54, 1.807) is 11.2 Å². The summed E-state index contributed by atoms with van der Waals surface area (Å²) in [4.78, 5) is 13.0. The molecule has 4 nitrogen and oxygen atoms in total. The number of hydrogen-bond donors (Lipinski definition) is 1. The van der Waals surface area contributed by atoms with E-state index >= 15 is 0 Å². The SMILES string of the molecule is CN1CC(NCc2ccco2)CCC1=O. The van der Waals surface area contributed by atoms with Crippen molar-refractivity contribution in [3.63, 3.8) is 0 Å². The minimum atomic E-state index is 0.242. The van der Waals surface area contributed by atoms with E-state index in [0.717, 1.165) is 25.3 Å². The van der Waals surface area contributed by atoms with E-state index in [-0.39, 0.29) is 5.91 Å². The van der Waals surface area contributed by atoms with Crippen LogP contribution in [0.1, 0.15) is 18.6 Å². The maximum atomic E-state index is 11.3. The first-order valence-corrected chi connectivity index (χ1v) is 5.25. The molecule has 1 aromatic rings. The largest absolute Gasteiger partial charge is 0.468 e. The topological polar surface area (TPSA) is 45.5 Å². The Bertz CT molecular complexity index is 321. The Morgan fingerprint density at radius 2 is 2.53 bits per heavy atom. The third-order valence-electron chi connectivity index (χ3n) is 2.77. The maximum Gasteiger partial charge on any atom is 0.222 e. The molecule has 2 heterocycles. The lowest BCUT2D eigenvalue weighted by molar-refractivity contribution is -0.132. The van der Waals surface area contributed by atoms with Crippen molar-refractivity contribution in [1.29, 1.82) is 0 Å². The van der Waals surface area contributed by atoms with E-state index in [2.05, 4.69) is 5.32 Å². The smallest absolute Gasteiger partial charge is 0.222 e. The van der Waals surface area contributed by atoms with Gasteiger partial charge in [0.2, 0.25) is 5.91 Å². The number of rotatable bonds is 3. The van der Waals surface area contributed by atoms with Crippen LogP contribution in [0.25, 0.3) is 0 Å². The van der Waals surface area contributed by atoms with E-state index in [4.69, 9.17) is 4.42 Å². The molecule has 1 fully saturated rings. The van der Waals surface area contributed by atoms with Gasteiger partial charge in [-0.2, -0.15) is 0 Å². The Kier molecular flexibility index (Phi) is 3.06. The number of nitrogens with one attached hydrogen (secondary N) is 1. The van der Waals surface area contributed by atoms with Gasteiger partial charge >= 0.3 is 0 Å². The van der Waals surface area contributed by atoms with Crippen LogP contribution in [0, 0.1) is 0 Å². The Morgan fingerprint density at radius 1 is 1.67 bits per heavy atom. The molecular weight excluding hydrogens is 192 g/mol. The number of amides is 1. The van der Waals surface area contributed by atoms with Gasteiger partial charge in [0.15, 0.2) is 0 Å². The fourth-order valence-corrected chi connectivity index (χ4v) is 1.84. The van der Waals surface area contributed by atoms with Gasteiger partial charge in [-0.3, -0.25) is 4.79 Å². The zero-order chi connectivity index (χ0) is 10.7. The van der Waals surface area contributed by atoms with Crippen LogP contribution in [-0.4, -0.2) is 30.4 Å². The summed E-state index contributed by atoms with van der Waals surface area (Å²) in [7, 11) is 1.85. The molecule has 0 aromatic carbocycles. The van der Waals surface area contributed by atoms with E-state index in [1.165, 1.54) is 0 Å². The maximum absolute atomic E-state index is 11.3. The van der Waals surface area contributed by atoms with E-state index < -0.39 is 0 Å². The monoisotopic (exact) mass is 208 g/mol. The molecule has 82 valence electrons. The number of likely N-dealkylation sites (tertiary alicyclic amines) is 1. The van der Waals surface area contributed by atoms with Gasteiger partial charge in [-0.05, 0) is 18.6 Å². The van der Waals surface area contributed by atoms with Gasteiger partial charge in [0, 0.05) is 26.1 Å². The summed E-state index contributed by atoms with van der Waals surface area (Å²) in [6.07, 6.45) is 3.24.